The zero-order chi connectivity index (χ0) is 24.1. The van der Waals surface area contributed by atoms with Gasteiger partial charge in [-0.2, -0.15) is 13.8 Å². The largest absolute Gasteiger partial charge is 0.481 e. The summed E-state index contributed by atoms with van der Waals surface area (Å²) in [6.07, 6.45) is 1.17. The van der Waals surface area contributed by atoms with Crippen molar-refractivity contribution in [2.24, 2.45) is 0 Å². The molecule has 0 unspecified atom stereocenters. The number of aromatic nitrogens is 1. The highest BCUT2D eigenvalue weighted by Gasteiger charge is 2.31. The fraction of sp³-hybridized carbons (Fsp3) is 0.435. The minimum Gasteiger partial charge on any atom is -0.481 e. The number of amides is 3. The van der Waals surface area contributed by atoms with Gasteiger partial charge in [0.1, 0.15) is 5.69 Å². The number of hydrogen-bond acceptors (Lipinski definition) is 5. The summed E-state index contributed by atoms with van der Waals surface area (Å²) >= 11 is 0. The molecular formula is C23H28F2N4O4. The first-order valence-electron chi connectivity index (χ1n) is 10.6. The Morgan fingerprint density at radius 1 is 1.18 bits per heavy atom. The molecule has 1 N–H and O–H groups in total. The Morgan fingerprint density at radius 2 is 1.88 bits per heavy atom. The second kappa shape index (κ2) is 10.5. The van der Waals surface area contributed by atoms with E-state index in [9.17, 15) is 18.4 Å². The van der Waals surface area contributed by atoms with Crippen molar-refractivity contribution in [3.63, 3.8) is 0 Å². The van der Waals surface area contributed by atoms with Gasteiger partial charge in [0.15, 0.2) is 0 Å². The third-order valence-electron chi connectivity index (χ3n) is 5.82. The van der Waals surface area contributed by atoms with Gasteiger partial charge >= 0.3 is 12.6 Å². The second-order valence-electron chi connectivity index (χ2n) is 7.84. The Hall–Kier alpha value is -3.43. The summed E-state index contributed by atoms with van der Waals surface area (Å²) in [7, 11) is 1.35. The van der Waals surface area contributed by atoms with Crippen LogP contribution in [0.1, 0.15) is 30.9 Å². The number of benzene rings is 1. The SMILES string of the molecule is COc1ccc(NC(=O)N(c2cccc(C)c2C)C2CCN(C(C)=O)CC2)c(OC(F)F)n1. The molecule has 0 spiro atoms. The van der Waals surface area contributed by atoms with E-state index in [1.165, 1.54) is 26.2 Å². The van der Waals surface area contributed by atoms with Crippen molar-refractivity contribution in [2.45, 2.75) is 46.3 Å². The van der Waals surface area contributed by atoms with E-state index in [0.717, 1.165) is 11.1 Å². The third kappa shape index (κ3) is 5.68. The van der Waals surface area contributed by atoms with Gasteiger partial charge in [-0.25, -0.2) is 4.79 Å². The highest BCUT2D eigenvalue weighted by Crippen LogP contribution is 2.32. The van der Waals surface area contributed by atoms with E-state index >= 15 is 0 Å². The molecule has 1 aliphatic rings. The van der Waals surface area contributed by atoms with Gasteiger partial charge in [-0.3, -0.25) is 9.69 Å². The van der Waals surface area contributed by atoms with Gasteiger partial charge in [-0.15, -0.1) is 0 Å². The van der Waals surface area contributed by atoms with E-state index in [0.29, 0.717) is 31.6 Å². The van der Waals surface area contributed by atoms with Crippen molar-refractivity contribution in [3.8, 4) is 11.8 Å². The number of urea groups is 1. The van der Waals surface area contributed by atoms with Crippen LogP contribution in [0.4, 0.5) is 25.0 Å². The molecule has 33 heavy (non-hydrogen) atoms. The topological polar surface area (TPSA) is 84.0 Å². The maximum atomic E-state index is 13.5. The molecule has 0 aliphatic carbocycles. The van der Waals surface area contributed by atoms with E-state index < -0.39 is 18.5 Å². The smallest absolute Gasteiger partial charge is 0.388 e. The van der Waals surface area contributed by atoms with Gasteiger partial charge < -0.3 is 19.7 Å². The average Bonchev–Trinajstić information content (AvgIpc) is 2.78. The Morgan fingerprint density at radius 3 is 2.48 bits per heavy atom. The lowest BCUT2D eigenvalue weighted by Gasteiger charge is -2.39. The average molecular weight is 462 g/mol. The van der Waals surface area contributed by atoms with Gasteiger partial charge in [0, 0.05) is 37.8 Å². The number of piperidine rings is 1. The van der Waals surface area contributed by atoms with E-state index in [1.807, 2.05) is 32.0 Å². The van der Waals surface area contributed by atoms with Crippen LogP contribution in [-0.2, 0) is 4.79 Å². The van der Waals surface area contributed by atoms with Crippen molar-refractivity contribution >= 4 is 23.3 Å². The first-order chi connectivity index (χ1) is 15.7. The molecule has 0 radical (unpaired) electrons. The molecule has 1 aromatic heterocycles. The molecule has 0 bridgehead atoms. The second-order valence-corrected chi connectivity index (χ2v) is 7.84. The number of aryl methyl sites for hydroxylation is 1. The standard InChI is InChI=1S/C23H28F2N4O4/c1-14-6-5-7-19(15(14)2)29(17-10-12-28(13-11-17)16(3)30)23(31)26-18-8-9-20(32-4)27-21(18)33-22(24)25/h5-9,17,22H,10-13H2,1-4H3,(H,26,31). The fourth-order valence-electron chi connectivity index (χ4n) is 3.89. The number of ether oxygens (including phenoxy) is 2. The van der Waals surface area contributed by atoms with Gasteiger partial charge in [0.05, 0.1) is 7.11 Å². The number of methoxy groups -OCH3 is 1. The van der Waals surface area contributed by atoms with E-state index in [2.05, 4.69) is 15.0 Å². The molecule has 0 atom stereocenters. The van der Waals surface area contributed by atoms with Crippen LogP contribution >= 0.6 is 0 Å². The monoisotopic (exact) mass is 462 g/mol. The molecule has 2 aromatic rings. The predicted molar refractivity (Wildman–Crippen MR) is 120 cm³/mol. The number of carbonyl (C=O) groups is 2. The van der Waals surface area contributed by atoms with E-state index in [1.54, 1.807) is 9.80 Å². The molecule has 8 nitrogen and oxygen atoms in total. The molecule has 10 heteroatoms. The van der Waals surface area contributed by atoms with Crippen LogP contribution < -0.4 is 19.7 Å². The number of nitrogens with zero attached hydrogens (tertiary/aromatic N) is 3. The normalized spacial score (nSPS) is 14.2. The summed E-state index contributed by atoms with van der Waals surface area (Å²) in [6.45, 7) is 3.34. The number of carbonyl (C=O) groups excluding carboxylic acids is 2. The molecule has 1 aromatic carbocycles. The summed E-state index contributed by atoms with van der Waals surface area (Å²) < 4.78 is 35.3. The predicted octanol–water partition coefficient (Wildman–Crippen LogP) is 4.36. The lowest BCUT2D eigenvalue weighted by Crippen LogP contribution is -2.50. The van der Waals surface area contributed by atoms with Crippen molar-refractivity contribution in [1.82, 2.24) is 9.88 Å². The van der Waals surface area contributed by atoms with Crippen molar-refractivity contribution in [2.75, 3.05) is 30.4 Å². The number of anilines is 2. The molecule has 0 saturated carbocycles. The highest BCUT2D eigenvalue weighted by atomic mass is 19.3. The first kappa shape index (κ1) is 24.2. The van der Waals surface area contributed by atoms with Gasteiger partial charge in [-0.05, 0) is 49.9 Å². The molecule has 1 saturated heterocycles. The Bertz CT molecular complexity index is 1010. The number of pyridine rings is 1. The molecule has 3 amide bonds. The lowest BCUT2D eigenvalue weighted by molar-refractivity contribution is -0.129. The summed E-state index contributed by atoms with van der Waals surface area (Å²) in [6, 6.07) is 7.82. The fourth-order valence-corrected chi connectivity index (χ4v) is 3.89. The number of likely N-dealkylation sites (tertiary alicyclic amines) is 1. The molecular weight excluding hydrogens is 434 g/mol. The molecule has 3 rings (SSSR count). The van der Waals surface area contributed by atoms with E-state index in [-0.39, 0.29) is 23.5 Å². The molecule has 1 fully saturated rings. The summed E-state index contributed by atoms with van der Waals surface area (Å²) in [5.74, 6) is -0.370. The van der Waals surface area contributed by atoms with E-state index in [4.69, 9.17) is 4.74 Å². The van der Waals surface area contributed by atoms with Gasteiger partial charge in [0.2, 0.25) is 17.7 Å². The third-order valence-corrected chi connectivity index (χ3v) is 5.82. The van der Waals surface area contributed by atoms with Crippen LogP contribution in [-0.4, -0.2) is 54.7 Å². The zero-order valence-corrected chi connectivity index (χ0v) is 19.1. The van der Waals surface area contributed by atoms with Gasteiger partial charge in [-0.1, -0.05) is 12.1 Å². The molecule has 178 valence electrons. The number of hydrogen-bond donors (Lipinski definition) is 1. The number of nitrogens with one attached hydrogen (secondary N) is 1. The van der Waals surface area contributed by atoms with Crippen LogP contribution in [0.25, 0.3) is 0 Å². The van der Waals surface area contributed by atoms with Crippen LogP contribution in [0.3, 0.4) is 0 Å². The Kier molecular flexibility index (Phi) is 7.67. The maximum Gasteiger partial charge on any atom is 0.388 e. The van der Waals surface area contributed by atoms with Gasteiger partial charge in [0.25, 0.3) is 0 Å². The van der Waals surface area contributed by atoms with Crippen molar-refractivity contribution in [3.05, 3.63) is 41.5 Å². The molecule has 1 aliphatic heterocycles. The zero-order valence-electron chi connectivity index (χ0n) is 19.1. The summed E-state index contributed by atoms with van der Waals surface area (Å²) in [4.78, 5) is 32.5. The van der Waals surface area contributed by atoms with Crippen molar-refractivity contribution in [1.29, 1.82) is 0 Å². The Labute approximate surface area is 191 Å². The number of alkyl halides is 2. The van der Waals surface area contributed by atoms with Crippen LogP contribution in [0.2, 0.25) is 0 Å². The number of rotatable bonds is 6. The van der Waals surface area contributed by atoms with Crippen LogP contribution in [0.5, 0.6) is 11.8 Å². The quantitative estimate of drug-likeness (QED) is 0.690. The Balaban J connectivity index is 1.94. The van der Waals surface area contributed by atoms with Crippen LogP contribution in [0.15, 0.2) is 30.3 Å². The van der Waals surface area contributed by atoms with Crippen molar-refractivity contribution < 1.29 is 27.8 Å². The maximum absolute atomic E-state index is 13.5. The summed E-state index contributed by atoms with van der Waals surface area (Å²) in [5, 5.41) is 2.67. The lowest BCUT2D eigenvalue weighted by atomic mass is 10.00. The highest BCUT2D eigenvalue weighted by molar-refractivity contribution is 6.03. The van der Waals surface area contributed by atoms with Crippen LogP contribution in [0, 0.1) is 13.8 Å². The first-order valence-corrected chi connectivity index (χ1v) is 10.6. The minimum absolute atomic E-state index is 0.00224. The number of halogens is 2. The summed E-state index contributed by atoms with van der Waals surface area (Å²) in [5.41, 5.74) is 2.65. The minimum atomic E-state index is -3.12. The molecule has 2 heterocycles.